The molecule has 7 nitrogen and oxygen atoms in total. The molecule has 0 bridgehead atoms. The number of fused-ring (bicyclic) bond motifs is 1. The van der Waals surface area contributed by atoms with Crippen LogP contribution in [0.15, 0.2) is 78.7 Å². The minimum absolute atomic E-state index is 0. The molecular formula is C24H29ClN4O3S2. The Labute approximate surface area is 211 Å². The van der Waals surface area contributed by atoms with Crippen molar-refractivity contribution in [1.82, 2.24) is 14.2 Å². The Hall–Kier alpha value is -2.56. The van der Waals surface area contributed by atoms with E-state index in [-0.39, 0.29) is 36.3 Å². The van der Waals surface area contributed by atoms with Gasteiger partial charge in [0.1, 0.15) is 0 Å². The van der Waals surface area contributed by atoms with Gasteiger partial charge in [-0.05, 0) is 50.5 Å². The first-order valence-electron chi connectivity index (χ1n) is 10.4. The largest absolute Gasteiger partial charge is 0.308 e. The van der Waals surface area contributed by atoms with Crippen molar-refractivity contribution in [2.24, 2.45) is 0 Å². The van der Waals surface area contributed by atoms with Gasteiger partial charge in [-0.3, -0.25) is 9.69 Å². The lowest BCUT2D eigenvalue weighted by Gasteiger charge is -2.22. The fourth-order valence-electron chi connectivity index (χ4n) is 3.19. The predicted octanol–water partition coefficient (Wildman–Crippen LogP) is 4.29. The number of nitrogens with zero attached hydrogens (tertiary/aromatic N) is 4. The van der Waals surface area contributed by atoms with Gasteiger partial charge >= 0.3 is 0 Å². The van der Waals surface area contributed by atoms with E-state index in [2.05, 4.69) is 18.1 Å². The summed E-state index contributed by atoms with van der Waals surface area (Å²) >= 11 is 1.46. The van der Waals surface area contributed by atoms with Crippen LogP contribution in [0.5, 0.6) is 0 Å². The zero-order valence-electron chi connectivity index (χ0n) is 19.3. The molecule has 1 aromatic heterocycles. The van der Waals surface area contributed by atoms with Gasteiger partial charge in [-0.2, -0.15) is 4.31 Å². The number of carbonyl (C=O) groups is 1. The number of sulfonamides is 1. The van der Waals surface area contributed by atoms with Crippen LogP contribution < -0.4 is 4.90 Å². The average Bonchev–Trinajstić information content (AvgIpc) is 3.22. The molecule has 1 amide bonds. The van der Waals surface area contributed by atoms with Crippen LogP contribution >= 0.6 is 23.7 Å². The van der Waals surface area contributed by atoms with Crippen molar-refractivity contribution in [3.05, 3.63) is 79.4 Å². The van der Waals surface area contributed by atoms with Crippen molar-refractivity contribution in [3.8, 4) is 0 Å². The number of rotatable bonds is 11. The number of aromatic nitrogens is 1. The number of likely N-dealkylation sites (N-methyl/N-ethyl adjacent to an activating group) is 1. The number of thiazole rings is 1. The highest BCUT2D eigenvalue weighted by atomic mass is 35.5. The van der Waals surface area contributed by atoms with E-state index in [1.165, 1.54) is 39.9 Å². The fourth-order valence-corrected chi connectivity index (χ4v) is 5.56. The van der Waals surface area contributed by atoms with Crippen LogP contribution in [0.4, 0.5) is 5.13 Å². The van der Waals surface area contributed by atoms with E-state index in [0.717, 1.165) is 10.2 Å². The molecule has 0 saturated carbocycles. The first kappa shape index (κ1) is 27.7. The third-order valence-electron chi connectivity index (χ3n) is 4.93. The van der Waals surface area contributed by atoms with E-state index in [4.69, 9.17) is 0 Å². The second-order valence-electron chi connectivity index (χ2n) is 7.65. The minimum Gasteiger partial charge on any atom is -0.308 e. The normalized spacial score (nSPS) is 11.4. The molecule has 0 unspecified atom stereocenters. The molecule has 0 atom stereocenters. The van der Waals surface area contributed by atoms with Crippen LogP contribution in [-0.2, 0) is 10.0 Å². The van der Waals surface area contributed by atoms with Crippen molar-refractivity contribution in [2.45, 2.75) is 4.90 Å². The fraction of sp³-hybridized carbons (Fsp3) is 0.250. The molecule has 0 aliphatic heterocycles. The maximum atomic E-state index is 13.4. The van der Waals surface area contributed by atoms with Crippen LogP contribution in [0.25, 0.3) is 10.2 Å². The second-order valence-corrected chi connectivity index (χ2v) is 10.6. The lowest BCUT2D eigenvalue weighted by molar-refractivity contribution is 0.0985. The summed E-state index contributed by atoms with van der Waals surface area (Å²) in [5.41, 5.74) is 1.23. The van der Waals surface area contributed by atoms with Gasteiger partial charge in [-0.1, -0.05) is 35.6 Å². The van der Waals surface area contributed by atoms with Crippen molar-refractivity contribution >= 4 is 55.0 Å². The number of anilines is 1. The zero-order valence-corrected chi connectivity index (χ0v) is 21.7. The number of carbonyl (C=O) groups excluding carboxylic acids is 1. The molecule has 3 aromatic rings. The predicted molar refractivity (Wildman–Crippen MR) is 143 cm³/mol. The van der Waals surface area contributed by atoms with Crippen LogP contribution in [-0.4, -0.2) is 68.8 Å². The molecule has 34 heavy (non-hydrogen) atoms. The Morgan fingerprint density at radius 2 is 1.62 bits per heavy atom. The van der Waals surface area contributed by atoms with Gasteiger partial charge in [-0.25, -0.2) is 13.4 Å². The standard InChI is InChI=1S/C24H28N4O3S2.ClH/c1-5-15-27(16-6-2)33(30,31)20-13-11-19(12-14-20)23(29)28(18-17-26(3)4)24-25-21-9-7-8-10-22(21)32-24;/h5-14H,1-2,15-18H2,3-4H3;1H. The zero-order chi connectivity index (χ0) is 24.0. The maximum absolute atomic E-state index is 13.4. The lowest BCUT2D eigenvalue weighted by Crippen LogP contribution is -2.36. The highest BCUT2D eigenvalue weighted by Gasteiger charge is 2.25. The van der Waals surface area contributed by atoms with E-state index in [1.807, 2.05) is 43.3 Å². The Morgan fingerprint density at radius 1 is 1.00 bits per heavy atom. The summed E-state index contributed by atoms with van der Waals surface area (Å²) in [6.07, 6.45) is 3.05. The molecule has 0 aliphatic rings. The quantitative estimate of drug-likeness (QED) is 0.353. The molecule has 0 aliphatic carbocycles. The second kappa shape index (κ2) is 12.2. The number of amides is 1. The van der Waals surface area contributed by atoms with Crippen molar-refractivity contribution in [1.29, 1.82) is 0 Å². The summed E-state index contributed by atoms with van der Waals surface area (Å²) in [4.78, 5) is 21.8. The first-order chi connectivity index (χ1) is 15.8. The Balaban J connectivity index is 0.00000408. The molecule has 10 heteroatoms. The van der Waals surface area contributed by atoms with Crippen LogP contribution in [0, 0.1) is 0 Å². The van der Waals surface area contributed by atoms with E-state index >= 15 is 0 Å². The Bertz CT molecular complexity index is 1200. The lowest BCUT2D eigenvalue weighted by atomic mass is 10.2. The minimum atomic E-state index is -3.73. The third kappa shape index (κ3) is 6.31. The SMILES string of the molecule is C=CCN(CC=C)S(=O)(=O)c1ccc(C(=O)N(CCN(C)C)c2nc3ccccc3s2)cc1.Cl. The van der Waals surface area contributed by atoms with Gasteiger partial charge in [0.25, 0.3) is 5.91 Å². The Kier molecular flexibility index (Phi) is 9.96. The van der Waals surface area contributed by atoms with Crippen LogP contribution in [0.2, 0.25) is 0 Å². The van der Waals surface area contributed by atoms with Gasteiger partial charge in [0, 0.05) is 31.7 Å². The van der Waals surface area contributed by atoms with E-state index < -0.39 is 10.0 Å². The maximum Gasteiger partial charge on any atom is 0.260 e. The average molecular weight is 521 g/mol. The first-order valence-corrected chi connectivity index (χ1v) is 12.7. The number of benzene rings is 2. The number of para-hydroxylation sites is 1. The molecule has 1 heterocycles. The molecule has 0 N–H and O–H groups in total. The molecule has 3 rings (SSSR count). The summed E-state index contributed by atoms with van der Waals surface area (Å²) in [6.45, 7) is 8.70. The van der Waals surface area contributed by atoms with Gasteiger partial charge in [-0.15, -0.1) is 25.6 Å². The molecular weight excluding hydrogens is 492 g/mol. The molecule has 182 valence electrons. The number of hydrogen-bond acceptors (Lipinski definition) is 6. The third-order valence-corrected chi connectivity index (χ3v) is 7.84. The molecule has 0 saturated heterocycles. The summed E-state index contributed by atoms with van der Waals surface area (Å²) in [6, 6.07) is 13.8. The van der Waals surface area contributed by atoms with Crippen molar-refractivity contribution in [3.63, 3.8) is 0 Å². The highest BCUT2D eigenvalue weighted by Crippen LogP contribution is 2.29. The van der Waals surface area contributed by atoms with Gasteiger partial charge in [0.2, 0.25) is 10.0 Å². The Morgan fingerprint density at radius 3 is 2.18 bits per heavy atom. The summed E-state index contributed by atoms with van der Waals surface area (Å²) in [5.74, 6) is -0.228. The monoisotopic (exact) mass is 520 g/mol. The molecule has 0 fully saturated rings. The van der Waals surface area contributed by atoms with Crippen LogP contribution in [0.1, 0.15) is 10.4 Å². The van der Waals surface area contributed by atoms with Crippen LogP contribution in [0.3, 0.4) is 0 Å². The van der Waals surface area contributed by atoms with Gasteiger partial charge in [0.15, 0.2) is 5.13 Å². The number of halogens is 1. The topological polar surface area (TPSA) is 73.8 Å². The highest BCUT2D eigenvalue weighted by molar-refractivity contribution is 7.89. The molecule has 0 spiro atoms. The van der Waals surface area contributed by atoms with Gasteiger partial charge in [0.05, 0.1) is 15.1 Å². The summed E-state index contributed by atoms with van der Waals surface area (Å²) in [5, 5.41) is 0.614. The number of hydrogen-bond donors (Lipinski definition) is 0. The molecule has 0 radical (unpaired) electrons. The van der Waals surface area contributed by atoms with Gasteiger partial charge < -0.3 is 4.90 Å². The smallest absolute Gasteiger partial charge is 0.260 e. The van der Waals surface area contributed by atoms with E-state index in [9.17, 15) is 13.2 Å². The summed E-state index contributed by atoms with van der Waals surface area (Å²) in [7, 11) is 0.157. The van der Waals surface area contributed by atoms with Crippen molar-refractivity contribution in [2.75, 3.05) is 45.2 Å². The van der Waals surface area contributed by atoms with E-state index in [0.29, 0.717) is 23.8 Å². The van der Waals surface area contributed by atoms with Crippen molar-refractivity contribution < 1.29 is 13.2 Å². The molecule has 2 aromatic carbocycles. The van der Waals surface area contributed by atoms with E-state index in [1.54, 1.807) is 17.0 Å². The summed E-state index contributed by atoms with van der Waals surface area (Å²) < 4.78 is 28.2.